The van der Waals surface area contributed by atoms with Gasteiger partial charge in [0.05, 0.1) is 0 Å². The van der Waals surface area contributed by atoms with Gasteiger partial charge in [0.2, 0.25) is 0 Å². The van der Waals surface area contributed by atoms with Gasteiger partial charge in [-0.05, 0) is 19.4 Å². The first kappa shape index (κ1) is 13.9. The first-order valence-electron chi connectivity index (χ1n) is 3.62. The van der Waals surface area contributed by atoms with Crippen molar-refractivity contribution < 1.29 is 15.1 Å². The third-order valence-corrected chi connectivity index (χ3v) is 1.29. The topological polar surface area (TPSA) is 136 Å². The molecule has 6 nitrogen and oxygen atoms in total. The highest BCUT2D eigenvalue weighted by Gasteiger charge is 2.09. The minimum atomic E-state index is -0.933. The average molecular weight is 179 g/mol. The first-order valence-corrected chi connectivity index (χ1v) is 3.62. The Hall–Kier alpha value is -0.690. The molecule has 74 valence electrons. The van der Waals surface area contributed by atoms with Gasteiger partial charge in [0.1, 0.15) is 6.04 Å². The summed E-state index contributed by atoms with van der Waals surface area (Å²) in [4.78, 5) is 10.1. The molecule has 0 rings (SSSR count). The van der Waals surface area contributed by atoms with Crippen LogP contribution in [0.5, 0.6) is 0 Å². The fraction of sp³-hybridized carbons (Fsp3) is 0.833. The van der Waals surface area contributed by atoms with Gasteiger partial charge in [0.15, 0.2) is 0 Å². The SMILES string of the molecule is NCCCC[C@H](N)C(=O)O.NO. The van der Waals surface area contributed by atoms with Crippen LogP contribution in [0.3, 0.4) is 0 Å². The van der Waals surface area contributed by atoms with Crippen LogP contribution in [0, 0.1) is 0 Å². The van der Waals surface area contributed by atoms with Crippen molar-refractivity contribution in [3.63, 3.8) is 0 Å². The zero-order valence-electron chi connectivity index (χ0n) is 6.94. The van der Waals surface area contributed by atoms with Gasteiger partial charge in [-0.3, -0.25) is 4.79 Å². The van der Waals surface area contributed by atoms with E-state index in [1.807, 2.05) is 0 Å². The van der Waals surface area contributed by atoms with Crippen LogP contribution in [0.1, 0.15) is 19.3 Å². The van der Waals surface area contributed by atoms with Crippen LogP contribution in [0.15, 0.2) is 0 Å². The summed E-state index contributed by atoms with van der Waals surface area (Å²) in [5.74, 6) is 2.57. The minimum absolute atomic E-state index is 0.520. The Kier molecular flexibility index (Phi) is 11.9. The number of carboxylic acid groups (broad SMARTS) is 1. The van der Waals surface area contributed by atoms with E-state index < -0.39 is 12.0 Å². The molecule has 0 fully saturated rings. The van der Waals surface area contributed by atoms with E-state index in [0.717, 1.165) is 12.8 Å². The highest BCUT2D eigenvalue weighted by atomic mass is 16.4. The van der Waals surface area contributed by atoms with E-state index in [2.05, 4.69) is 5.90 Å². The Morgan fingerprint density at radius 1 is 1.33 bits per heavy atom. The first-order chi connectivity index (χ1) is 5.68. The number of aliphatic carboxylic acids is 1. The van der Waals surface area contributed by atoms with Crippen molar-refractivity contribution in [1.29, 1.82) is 0 Å². The zero-order valence-corrected chi connectivity index (χ0v) is 6.94. The largest absolute Gasteiger partial charge is 0.480 e. The Morgan fingerprint density at radius 2 is 1.83 bits per heavy atom. The second-order valence-corrected chi connectivity index (χ2v) is 2.23. The molecule has 0 saturated carbocycles. The molecule has 0 unspecified atom stereocenters. The smallest absolute Gasteiger partial charge is 0.320 e. The lowest BCUT2D eigenvalue weighted by atomic mass is 10.1. The van der Waals surface area contributed by atoms with Gasteiger partial charge in [0.25, 0.3) is 0 Å². The van der Waals surface area contributed by atoms with Crippen LogP contribution in [-0.2, 0) is 4.79 Å². The number of hydrogen-bond acceptors (Lipinski definition) is 5. The number of rotatable bonds is 5. The summed E-state index contributed by atoms with van der Waals surface area (Å²) >= 11 is 0. The van der Waals surface area contributed by atoms with E-state index in [1.54, 1.807) is 0 Å². The van der Waals surface area contributed by atoms with E-state index >= 15 is 0 Å². The summed E-state index contributed by atoms with van der Waals surface area (Å²) in [6.45, 7) is 0.604. The maximum Gasteiger partial charge on any atom is 0.320 e. The van der Waals surface area contributed by atoms with E-state index in [0.29, 0.717) is 13.0 Å². The molecule has 0 aromatic carbocycles. The van der Waals surface area contributed by atoms with Gasteiger partial charge in [-0.15, -0.1) is 0 Å². The minimum Gasteiger partial charge on any atom is -0.480 e. The van der Waals surface area contributed by atoms with Gasteiger partial charge in [-0.1, -0.05) is 6.42 Å². The number of carboxylic acids is 1. The summed E-state index contributed by atoms with van der Waals surface area (Å²) in [6.07, 6.45) is 2.16. The molecule has 0 bridgehead atoms. The van der Waals surface area contributed by atoms with E-state index in [1.165, 1.54) is 0 Å². The molecule has 8 N–H and O–H groups in total. The fourth-order valence-corrected chi connectivity index (χ4v) is 0.632. The lowest BCUT2D eigenvalue weighted by Gasteiger charge is -2.03. The number of hydrogen-bond donors (Lipinski definition) is 5. The van der Waals surface area contributed by atoms with Crippen molar-refractivity contribution in [2.75, 3.05) is 6.54 Å². The average Bonchev–Trinajstić information content (AvgIpc) is 2.08. The predicted octanol–water partition coefficient (Wildman–Crippen LogP) is -1.14. The summed E-state index contributed by atoms with van der Waals surface area (Å²) in [5.41, 5.74) is 10.4. The Labute approximate surface area is 71.3 Å². The van der Waals surface area contributed by atoms with Crippen molar-refractivity contribution in [2.45, 2.75) is 25.3 Å². The quantitative estimate of drug-likeness (QED) is 0.267. The molecule has 0 aromatic heterocycles. The predicted molar refractivity (Wildman–Crippen MR) is 44.5 cm³/mol. The number of nitrogens with two attached hydrogens (primary N) is 3. The second-order valence-electron chi connectivity index (χ2n) is 2.23. The molecule has 0 amide bonds. The second kappa shape index (κ2) is 10.3. The molecular formula is C6H17N3O3. The van der Waals surface area contributed by atoms with E-state index in [-0.39, 0.29) is 0 Å². The fourth-order valence-electron chi connectivity index (χ4n) is 0.632. The summed E-state index contributed by atoms with van der Waals surface area (Å²) < 4.78 is 0. The van der Waals surface area contributed by atoms with Crippen LogP contribution in [0.2, 0.25) is 0 Å². The summed E-state index contributed by atoms with van der Waals surface area (Å²) in [5, 5.41) is 14.8. The van der Waals surface area contributed by atoms with Crippen LogP contribution < -0.4 is 17.4 Å². The molecule has 0 spiro atoms. The zero-order chi connectivity index (χ0) is 9.98. The highest BCUT2D eigenvalue weighted by Crippen LogP contribution is 1.96. The maximum atomic E-state index is 10.1. The molecule has 6 heteroatoms. The standard InChI is InChI=1S/C6H14N2O2.H3NO/c7-4-2-1-3-5(8)6(9)10;1-2/h5H,1-4,7-8H2,(H,9,10);2H,1H2/t5-;/m0./s1. The molecule has 0 aliphatic carbocycles. The van der Waals surface area contributed by atoms with Crippen LogP contribution >= 0.6 is 0 Å². The Balaban J connectivity index is 0. The highest BCUT2D eigenvalue weighted by molar-refractivity contribution is 5.72. The Morgan fingerprint density at radius 3 is 2.17 bits per heavy atom. The molecule has 12 heavy (non-hydrogen) atoms. The van der Waals surface area contributed by atoms with E-state index in [9.17, 15) is 4.79 Å². The molecule has 0 radical (unpaired) electrons. The van der Waals surface area contributed by atoms with Gasteiger partial charge in [-0.2, -0.15) is 0 Å². The van der Waals surface area contributed by atoms with Crippen molar-refractivity contribution in [3.05, 3.63) is 0 Å². The molecule has 0 heterocycles. The van der Waals surface area contributed by atoms with Crippen molar-refractivity contribution in [2.24, 2.45) is 17.4 Å². The van der Waals surface area contributed by atoms with Crippen LogP contribution in [0.4, 0.5) is 0 Å². The molecule has 0 aliphatic rings. The summed E-state index contributed by atoms with van der Waals surface area (Å²) in [6, 6.07) is -0.716. The van der Waals surface area contributed by atoms with Crippen molar-refractivity contribution in [3.8, 4) is 0 Å². The number of carbonyl (C=O) groups is 1. The van der Waals surface area contributed by atoms with Gasteiger partial charge in [-0.25, -0.2) is 5.90 Å². The lowest BCUT2D eigenvalue weighted by molar-refractivity contribution is -0.138. The number of unbranched alkanes of at least 4 members (excludes halogenated alkanes) is 1. The summed E-state index contributed by atoms with van der Waals surface area (Å²) in [7, 11) is 0. The Bertz CT molecular complexity index is 110. The van der Waals surface area contributed by atoms with Gasteiger partial charge in [0, 0.05) is 0 Å². The third kappa shape index (κ3) is 9.31. The maximum absolute atomic E-state index is 10.1. The van der Waals surface area contributed by atoms with Crippen LogP contribution in [0.25, 0.3) is 0 Å². The lowest BCUT2D eigenvalue weighted by Crippen LogP contribution is -2.29. The molecular weight excluding hydrogens is 162 g/mol. The molecule has 0 saturated heterocycles. The van der Waals surface area contributed by atoms with Crippen LogP contribution in [-0.4, -0.2) is 28.9 Å². The van der Waals surface area contributed by atoms with Gasteiger partial charge >= 0.3 is 5.97 Å². The van der Waals surface area contributed by atoms with Crippen molar-refractivity contribution >= 4 is 5.97 Å². The molecule has 1 atom stereocenters. The molecule has 0 aromatic rings. The van der Waals surface area contributed by atoms with Gasteiger partial charge < -0.3 is 21.8 Å². The van der Waals surface area contributed by atoms with E-state index in [4.69, 9.17) is 21.8 Å². The molecule has 0 aliphatic heterocycles. The third-order valence-electron chi connectivity index (χ3n) is 1.29. The normalized spacial score (nSPS) is 11.3. The monoisotopic (exact) mass is 179 g/mol. The van der Waals surface area contributed by atoms with Crippen molar-refractivity contribution in [1.82, 2.24) is 0 Å².